The summed E-state index contributed by atoms with van der Waals surface area (Å²) in [6.45, 7) is 0. The first-order valence-corrected chi connectivity index (χ1v) is 4.67. The van der Waals surface area contributed by atoms with Crippen LogP contribution in [0.2, 0.25) is 0 Å². The highest BCUT2D eigenvalue weighted by Crippen LogP contribution is 2.27. The summed E-state index contributed by atoms with van der Waals surface area (Å²) >= 11 is 4.90. The Morgan fingerprint density at radius 3 is 3.09 bits per heavy atom. The Morgan fingerprint density at radius 1 is 1.45 bits per heavy atom. The van der Waals surface area contributed by atoms with E-state index < -0.39 is 0 Å². The van der Waals surface area contributed by atoms with Crippen LogP contribution in [0.4, 0.5) is 5.00 Å². The third kappa shape index (κ3) is 1.23. The van der Waals surface area contributed by atoms with Gasteiger partial charge in [-0.15, -0.1) is 11.3 Å². The summed E-state index contributed by atoms with van der Waals surface area (Å²) in [5.41, 5.74) is 6.57. The van der Waals surface area contributed by atoms with E-state index in [2.05, 4.69) is 20.9 Å². The van der Waals surface area contributed by atoms with Crippen LogP contribution in [0.5, 0.6) is 0 Å². The molecule has 0 aliphatic rings. The van der Waals surface area contributed by atoms with Crippen LogP contribution in [0.1, 0.15) is 0 Å². The molecule has 56 valence electrons. The molecule has 2 aromatic heterocycles. The Morgan fingerprint density at radius 2 is 2.27 bits per heavy atom. The normalized spacial score (nSPS) is 10.6. The first-order valence-electron chi connectivity index (χ1n) is 3.06. The van der Waals surface area contributed by atoms with Crippen LogP contribution in [-0.2, 0) is 0 Å². The van der Waals surface area contributed by atoms with Gasteiger partial charge in [0, 0.05) is 10.7 Å². The summed E-state index contributed by atoms with van der Waals surface area (Å²) in [6.07, 6.45) is 1.77. The van der Waals surface area contributed by atoms with Crippen molar-refractivity contribution in [2.24, 2.45) is 0 Å². The van der Waals surface area contributed by atoms with Crippen molar-refractivity contribution in [3.63, 3.8) is 0 Å². The van der Waals surface area contributed by atoms with Gasteiger partial charge in [-0.05, 0) is 28.1 Å². The van der Waals surface area contributed by atoms with Gasteiger partial charge >= 0.3 is 0 Å². The number of anilines is 1. The lowest BCUT2D eigenvalue weighted by molar-refractivity contribution is 1.41. The minimum Gasteiger partial charge on any atom is -0.391 e. The number of fused-ring (bicyclic) bond motifs is 1. The third-order valence-electron chi connectivity index (χ3n) is 1.36. The maximum atomic E-state index is 5.60. The maximum absolute atomic E-state index is 5.60. The van der Waals surface area contributed by atoms with Gasteiger partial charge in [-0.1, -0.05) is 0 Å². The molecule has 0 unspecified atom stereocenters. The van der Waals surface area contributed by atoms with Crippen LogP contribution in [0, 0.1) is 0 Å². The number of hydrogen-bond donors (Lipinski definition) is 1. The number of halogens is 1. The number of nitrogen functional groups attached to an aromatic ring is 1. The SMILES string of the molecule is Nc1cc2ncc(Br)cc2s1. The second-order valence-electron chi connectivity index (χ2n) is 2.19. The first kappa shape index (κ1) is 7.06. The fourth-order valence-corrected chi connectivity index (χ4v) is 2.22. The van der Waals surface area contributed by atoms with Gasteiger partial charge in [0.25, 0.3) is 0 Å². The van der Waals surface area contributed by atoms with Crippen molar-refractivity contribution >= 4 is 42.5 Å². The molecule has 11 heavy (non-hydrogen) atoms. The number of aromatic nitrogens is 1. The van der Waals surface area contributed by atoms with E-state index in [9.17, 15) is 0 Å². The lowest BCUT2D eigenvalue weighted by Gasteiger charge is -1.87. The van der Waals surface area contributed by atoms with Crippen molar-refractivity contribution in [2.75, 3.05) is 5.73 Å². The number of rotatable bonds is 0. The summed E-state index contributed by atoms with van der Waals surface area (Å²) in [7, 11) is 0. The smallest absolute Gasteiger partial charge is 0.0885 e. The molecule has 0 aromatic carbocycles. The van der Waals surface area contributed by atoms with Crippen molar-refractivity contribution < 1.29 is 0 Å². The Bertz CT molecular complexity index is 396. The zero-order valence-electron chi connectivity index (χ0n) is 5.54. The Kier molecular flexibility index (Phi) is 1.58. The first-order chi connectivity index (χ1) is 5.25. The highest BCUT2D eigenvalue weighted by molar-refractivity contribution is 9.10. The van der Waals surface area contributed by atoms with E-state index in [1.807, 2.05) is 12.1 Å². The van der Waals surface area contributed by atoms with Crippen molar-refractivity contribution in [3.8, 4) is 0 Å². The average Bonchev–Trinajstić information content (AvgIpc) is 2.27. The standard InChI is InChI=1S/C7H5BrN2S/c8-4-1-6-5(10-3-4)2-7(9)11-6/h1-3H,9H2. The van der Waals surface area contributed by atoms with E-state index >= 15 is 0 Å². The van der Waals surface area contributed by atoms with Crippen molar-refractivity contribution in [1.29, 1.82) is 0 Å². The fourth-order valence-electron chi connectivity index (χ4n) is 0.913. The van der Waals surface area contributed by atoms with Crippen LogP contribution in [0.3, 0.4) is 0 Å². The van der Waals surface area contributed by atoms with E-state index in [1.54, 1.807) is 17.5 Å². The molecule has 0 spiro atoms. The third-order valence-corrected chi connectivity index (χ3v) is 2.69. The van der Waals surface area contributed by atoms with Gasteiger partial charge in [0.1, 0.15) is 0 Å². The lowest BCUT2D eigenvalue weighted by Crippen LogP contribution is -1.73. The molecule has 0 aliphatic heterocycles. The molecule has 2 N–H and O–H groups in total. The van der Waals surface area contributed by atoms with Crippen molar-refractivity contribution in [1.82, 2.24) is 4.98 Å². The van der Waals surface area contributed by atoms with Crippen LogP contribution < -0.4 is 5.73 Å². The predicted octanol–water partition coefficient (Wildman–Crippen LogP) is 2.64. The molecule has 4 heteroatoms. The quantitative estimate of drug-likeness (QED) is 0.754. The van der Waals surface area contributed by atoms with E-state index in [1.165, 1.54) is 0 Å². The number of pyridine rings is 1. The van der Waals surface area contributed by atoms with Gasteiger partial charge < -0.3 is 5.73 Å². The fraction of sp³-hybridized carbons (Fsp3) is 0. The molecule has 0 saturated carbocycles. The van der Waals surface area contributed by atoms with Gasteiger partial charge in [-0.25, -0.2) is 0 Å². The summed E-state index contributed by atoms with van der Waals surface area (Å²) in [5.74, 6) is 0. The zero-order chi connectivity index (χ0) is 7.84. The molecule has 0 atom stereocenters. The van der Waals surface area contributed by atoms with E-state index in [0.717, 1.165) is 19.7 Å². The molecule has 2 rings (SSSR count). The summed E-state index contributed by atoms with van der Waals surface area (Å²) in [6, 6.07) is 3.90. The van der Waals surface area contributed by atoms with E-state index in [-0.39, 0.29) is 0 Å². The highest BCUT2D eigenvalue weighted by Gasteiger charge is 1.99. The van der Waals surface area contributed by atoms with Crippen LogP contribution >= 0.6 is 27.3 Å². The minimum absolute atomic E-state index is 0.811. The van der Waals surface area contributed by atoms with Crippen LogP contribution in [0.25, 0.3) is 10.2 Å². The molecule has 2 nitrogen and oxygen atoms in total. The molecule has 0 saturated heterocycles. The number of thiophene rings is 1. The number of nitrogens with zero attached hydrogens (tertiary/aromatic N) is 1. The summed E-state index contributed by atoms with van der Waals surface area (Å²) < 4.78 is 2.11. The Labute approximate surface area is 76.2 Å². The molecule has 0 radical (unpaired) electrons. The second kappa shape index (κ2) is 2.46. The molecule has 2 aromatic rings. The van der Waals surface area contributed by atoms with Crippen molar-refractivity contribution in [3.05, 3.63) is 22.8 Å². The molecule has 0 fully saturated rings. The number of nitrogens with two attached hydrogens (primary N) is 1. The number of hydrogen-bond acceptors (Lipinski definition) is 3. The molecular weight excluding hydrogens is 224 g/mol. The largest absolute Gasteiger partial charge is 0.391 e. The topological polar surface area (TPSA) is 38.9 Å². The van der Waals surface area contributed by atoms with Gasteiger partial charge in [0.2, 0.25) is 0 Å². The second-order valence-corrected chi connectivity index (χ2v) is 4.22. The van der Waals surface area contributed by atoms with Gasteiger partial charge in [-0.2, -0.15) is 0 Å². The van der Waals surface area contributed by atoms with Gasteiger partial charge in [0.05, 0.1) is 15.2 Å². The molecular formula is C7H5BrN2S. The zero-order valence-corrected chi connectivity index (χ0v) is 7.95. The summed E-state index contributed by atoms with van der Waals surface area (Å²) in [4.78, 5) is 4.19. The van der Waals surface area contributed by atoms with Crippen LogP contribution in [0.15, 0.2) is 22.8 Å². The predicted molar refractivity (Wildman–Crippen MR) is 51.7 cm³/mol. The van der Waals surface area contributed by atoms with Crippen molar-refractivity contribution in [2.45, 2.75) is 0 Å². The Balaban J connectivity index is 2.82. The maximum Gasteiger partial charge on any atom is 0.0885 e. The monoisotopic (exact) mass is 228 g/mol. The van der Waals surface area contributed by atoms with Crippen LogP contribution in [-0.4, -0.2) is 4.98 Å². The van der Waals surface area contributed by atoms with E-state index in [4.69, 9.17) is 5.73 Å². The van der Waals surface area contributed by atoms with E-state index in [0.29, 0.717) is 0 Å². The minimum atomic E-state index is 0.811. The molecule has 0 bridgehead atoms. The highest BCUT2D eigenvalue weighted by atomic mass is 79.9. The molecule has 2 heterocycles. The molecule has 0 aliphatic carbocycles. The average molecular weight is 229 g/mol. The summed E-state index contributed by atoms with van der Waals surface area (Å²) in [5, 5.41) is 0.811. The van der Waals surface area contributed by atoms with Gasteiger partial charge in [0.15, 0.2) is 0 Å². The Hall–Kier alpha value is -0.610. The molecule has 0 amide bonds. The van der Waals surface area contributed by atoms with Gasteiger partial charge in [-0.3, -0.25) is 4.98 Å². The lowest BCUT2D eigenvalue weighted by atomic mass is 10.4.